The van der Waals surface area contributed by atoms with Crippen LogP contribution in [-0.4, -0.2) is 48.5 Å². The fourth-order valence-corrected chi connectivity index (χ4v) is 5.08. The Morgan fingerprint density at radius 2 is 1.66 bits per heavy atom. The van der Waals surface area contributed by atoms with Crippen LogP contribution in [0.15, 0.2) is 67.0 Å². The van der Waals surface area contributed by atoms with E-state index in [1.54, 1.807) is 30.5 Å². The van der Waals surface area contributed by atoms with Gasteiger partial charge in [-0.15, -0.1) is 0 Å². The van der Waals surface area contributed by atoms with Crippen molar-refractivity contribution in [3.63, 3.8) is 0 Å². The van der Waals surface area contributed by atoms with Crippen LogP contribution in [0, 0.1) is 0 Å². The molecule has 2 aromatic carbocycles. The number of nitrogens with one attached hydrogen (secondary N) is 1. The van der Waals surface area contributed by atoms with Crippen LogP contribution in [0.5, 0.6) is 0 Å². The van der Waals surface area contributed by atoms with E-state index in [2.05, 4.69) is 10.3 Å². The second-order valence-corrected chi connectivity index (χ2v) is 9.17. The number of carbonyl (C=O) groups is 2. The van der Waals surface area contributed by atoms with E-state index in [9.17, 15) is 14.7 Å². The molecule has 2 N–H and O–H groups in total. The summed E-state index contributed by atoms with van der Waals surface area (Å²) in [6.45, 7) is 0.206. The molecule has 4 aromatic rings. The van der Waals surface area contributed by atoms with Gasteiger partial charge in [-0.25, -0.2) is 4.98 Å². The molecule has 1 aliphatic carbocycles. The summed E-state index contributed by atoms with van der Waals surface area (Å²) < 4.78 is 1.98. The molecule has 1 fully saturated rings. The number of aromatic nitrogens is 3. The molecule has 3 heterocycles. The molecular weight excluding hydrogens is 442 g/mol. The molecule has 0 radical (unpaired) electrons. The van der Waals surface area contributed by atoms with E-state index in [1.165, 1.54) is 4.90 Å². The van der Waals surface area contributed by atoms with Crippen molar-refractivity contribution in [2.24, 2.45) is 0 Å². The number of imide groups is 1. The molecular formula is C27H25N5O3. The number of fused-ring (bicyclic) bond motifs is 2. The van der Waals surface area contributed by atoms with E-state index in [0.717, 1.165) is 48.0 Å². The Bertz CT molecular complexity index is 1400. The van der Waals surface area contributed by atoms with Crippen molar-refractivity contribution < 1.29 is 14.7 Å². The van der Waals surface area contributed by atoms with E-state index >= 15 is 0 Å². The summed E-state index contributed by atoms with van der Waals surface area (Å²) in [6.07, 6.45) is 6.83. The highest BCUT2D eigenvalue weighted by molar-refractivity contribution is 6.21. The first-order valence-electron chi connectivity index (χ1n) is 11.9. The van der Waals surface area contributed by atoms with E-state index in [4.69, 9.17) is 4.98 Å². The summed E-state index contributed by atoms with van der Waals surface area (Å²) in [6, 6.07) is 16.9. The van der Waals surface area contributed by atoms with Gasteiger partial charge in [0, 0.05) is 23.8 Å². The second kappa shape index (κ2) is 8.63. The molecule has 2 aromatic heterocycles. The topological polar surface area (TPSA) is 100 Å². The predicted molar refractivity (Wildman–Crippen MR) is 131 cm³/mol. The number of aliphatic hydroxyl groups is 1. The molecule has 6 rings (SSSR count). The first-order chi connectivity index (χ1) is 17.1. The van der Waals surface area contributed by atoms with E-state index in [0.29, 0.717) is 17.1 Å². The lowest BCUT2D eigenvalue weighted by Crippen LogP contribution is -2.29. The first-order valence-corrected chi connectivity index (χ1v) is 11.9. The lowest BCUT2D eigenvalue weighted by atomic mass is 9.93. The third-order valence-corrected chi connectivity index (χ3v) is 6.95. The van der Waals surface area contributed by atoms with E-state index in [-0.39, 0.29) is 30.5 Å². The van der Waals surface area contributed by atoms with Crippen molar-refractivity contribution in [3.05, 3.63) is 83.7 Å². The van der Waals surface area contributed by atoms with Crippen LogP contribution in [0.3, 0.4) is 0 Å². The summed E-state index contributed by atoms with van der Waals surface area (Å²) in [5, 5.41) is 14.1. The van der Waals surface area contributed by atoms with Crippen LogP contribution in [0.25, 0.3) is 16.7 Å². The summed E-state index contributed by atoms with van der Waals surface area (Å²) in [7, 11) is 0. The lowest BCUT2D eigenvalue weighted by molar-refractivity contribution is 0.0643. The molecule has 1 aliphatic heterocycles. The van der Waals surface area contributed by atoms with Crippen LogP contribution in [0.4, 0.5) is 5.95 Å². The summed E-state index contributed by atoms with van der Waals surface area (Å²) in [5.74, 6) is 0.770. The van der Waals surface area contributed by atoms with Crippen LogP contribution in [0.2, 0.25) is 0 Å². The van der Waals surface area contributed by atoms with Gasteiger partial charge in [0.1, 0.15) is 5.82 Å². The Hall–Kier alpha value is -4.04. The molecule has 0 saturated heterocycles. The highest BCUT2D eigenvalue weighted by atomic mass is 16.3. The first kappa shape index (κ1) is 21.5. The zero-order chi connectivity index (χ0) is 23.9. The van der Waals surface area contributed by atoms with Crippen molar-refractivity contribution in [1.82, 2.24) is 19.4 Å². The number of hydrogen-bond donors (Lipinski definition) is 2. The fraction of sp³-hybridized carbons (Fsp3) is 0.259. The zero-order valence-corrected chi connectivity index (χ0v) is 19.1. The summed E-state index contributed by atoms with van der Waals surface area (Å²) in [4.78, 5) is 36.1. The van der Waals surface area contributed by atoms with Crippen molar-refractivity contribution in [1.29, 1.82) is 0 Å². The van der Waals surface area contributed by atoms with Crippen LogP contribution in [-0.2, 0) is 6.54 Å². The number of benzene rings is 2. The van der Waals surface area contributed by atoms with E-state index in [1.807, 2.05) is 41.1 Å². The fourth-order valence-electron chi connectivity index (χ4n) is 5.08. The van der Waals surface area contributed by atoms with Gasteiger partial charge in [-0.05, 0) is 61.6 Å². The predicted octanol–water partition coefficient (Wildman–Crippen LogP) is 3.93. The lowest BCUT2D eigenvalue weighted by Gasteiger charge is -2.26. The van der Waals surface area contributed by atoms with Gasteiger partial charge in [0.25, 0.3) is 11.8 Å². The molecule has 8 heteroatoms. The Morgan fingerprint density at radius 1 is 0.914 bits per heavy atom. The van der Waals surface area contributed by atoms with Gasteiger partial charge in [0.05, 0.1) is 29.3 Å². The second-order valence-electron chi connectivity index (χ2n) is 9.17. The SMILES string of the molecule is O=C1c2ccccc2C(=O)N1Cc1cccc2c1ccn2-c1ccnc(N[C@H]2CC[C@H](O)CC2)n1. The average Bonchev–Trinajstić information content (AvgIpc) is 3.42. The number of amides is 2. The van der Waals surface area contributed by atoms with Gasteiger partial charge in [-0.3, -0.25) is 14.5 Å². The van der Waals surface area contributed by atoms with Gasteiger partial charge in [0.2, 0.25) is 5.95 Å². The molecule has 2 aliphatic rings. The van der Waals surface area contributed by atoms with Gasteiger partial charge in [0.15, 0.2) is 0 Å². The standard InChI is InChI=1S/C27H25N5O3/c33-19-10-8-18(9-11-19)29-27-28-14-12-24(30-27)31-15-13-20-17(4-3-7-23(20)31)16-32-25(34)21-5-1-2-6-22(21)26(32)35/h1-7,12-15,18-19,33H,8-11,16H2,(H,28,29,30)/t18-,19-. The van der Waals surface area contributed by atoms with E-state index < -0.39 is 0 Å². The monoisotopic (exact) mass is 467 g/mol. The Labute approximate surface area is 202 Å². The number of anilines is 1. The number of hydrogen-bond acceptors (Lipinski definition) is 6. The zero-order valence-electron chi connectivity index (χ0n) is 19.1. The van der Waals surface area contributed by atoms with Crippen molar-refractivity contribution in [2.45, 2.75) is 44.4 Å². The molecule has 2 amide bonds. The largest absolute Gasteiger partial charge is 0.393 e. The quantitative estimate of drug-likeness (QED) is 0.432. The number of rotatable bonds is 5. The Morgan fingerprint density at radius 3 is 2.40 bits per heavy atom. The van der Waals surface area contributed by atoms with Gasteiger partial charge >= 0.3 is 0 Å². The molecule has 35 heavy (non-hydrogen) atoms. The maximum absolute atomic E-state index is 12.9. The normalized spacial score (nSPS) is 19.9. The maximum atomic E-state index is 12.9. The minimum Gasteiger partial charge on any atom is -0.393 e. The molecule has 0 unspecified atom stereocenters. The minimum absolute atomic E-state index is 0.206. The van der Waals surface area contributed by atoms with Crippen molar-refractivity contribution in [2.75, 3.05) is 5.32 Å². The third-order valence-electron chi connectivity index (χ3n) is 6.95. The Balaban J connectivity index is 1.27. The van der Waals surface area contributed by atoms with Gasteiger partial charge in [-0.2, -0.15) is 4.98 Å². The van der Waals surface area contributed by atoms with Crippen LogP contribution < -0.4 is 5.32 Å². The van der Waals surface area contributed by atoms with Gasteiger partial charge in [-0.1, -0.05) is 24.3 Å². The highest BCUT2D eigenvalue weighted by Crippen LogP contribution is 2.29. The molecule has 176 valence electrons. The molecule has 0 atom stereocenters. The van der Waals surface area contributed by atoms with Gasteiger partial charge < -0.3 is 15.0 Å². The number of aliphatic hydroxyl groups excluding tert-OH is 1. The number of carbonyl (C=O) groups excluding carboxylic acids is 2. The highest BCUT2D eigenvalue weighted by Gasteiger charge is 2.35. The molecule has 1 saturated carbocycles. The van der Waals surface area contributed by atoms with Crippen LogP contribution >= 0.6 is 0 Å². The van der Waals surface area contributed by atoms with Crippen LogP contribution in [0.1, 0.15) is 52.0 Å². The summed E-state index contributed by atoms with van der Waals surface area (Å²) >= 11 is 0. The average molecular weight is 468 g/mol. The molecule has 0 bridgehead atoms. The maximum Gasteiger partial charge on any atom is 0.261 e. The Kier molecular flexibility index (Phi) is 5.30. The number of nitrogens with zero attached hydrogens (tertiary/aromatic N) is 4. The molecule has 0 spiro atoms. The molecule has 8 nitrogen and oxygen atoms in total. The van der Waals surface area contributed by atoms with Crippen molar-refractivity contribution in [3.8, 4) is 5.82 Å². The van der Waals surface area contributed by atoms with Crippen molar-refractivity contribution >= 4 is 28.7 Å². The smallest absolute Gasteiger partial charge is 0.261 e. The summed E-state index contributed by atoms with van der Waals surface area (Å²) in [5.41, 5.74) is 2.74. The minimum atomic E-state index is -0.260. The third kappa shape index (κ3) is 3.85.